The van der Waals surface area contributed by atoms with Crippen molar-refractivity contribution in [1.29, 1.82) is 0 Å². The molecule has 0 aromatic heterocycles. The first-order valence-electron chi connectivity index (χ1n) is 7.83. The van der Waals surface area contributed by atoms with Crippen molar-refractivity contribution in [2.24, 2.45) is 11.8 Å². The number of aliphatic carboxylic acids is 1. The number of aliphatic hydroxyl groups is 1. The fourth-order valence-corrected chi connectivity index (χ4v) is 2.03. The van der Waals surface area contributed by atoms with E-state index in [0.717, 1.165) is 0 Å². The molecule has 0 aliphatic rings. The van der Waals surface area contributed by atoms with Gasteiger partial charge in [-0.3, -0.25) is 9.59 Å². The van der Waals surface area contributed by atoms with E-state index < -0.39 is 42.5 Å². The molecule has 0 aromatic carbocycles. The number of hydrogen-bond acceptors (Lipinski definition) is 5. The molecular weight excluding hydrogens is 302 g/mol. The fraction of sp³-hybridized carbons (Fsp3) is 0.800. The topological polar surface area (TPSA) is 146 Å². The highest BCUT2D eigenvalue weighted by Gasteiger charge is 2.27. The summed E-state index contributed by atoms with van der Waals surface area (Å²) in [6, 6.07) is -2.88. The maximum absolute atomic E-state index is 12.3. The molecule has 0 aromatic rings. The van der Waals surface area contributed by atoms with Crippen LogP contribution in [0.4, 0.5) is 0 Å². The molecule has 0 rings (SSSR count). The first-order valence-corrected chi connectivity index (χ1v) is 7.83. The summed E-state index contributed by atoms with van der Waals surface area (Å²) in [4.78, 5) is 35.3. The van der Waals surface area contributed by atoms with Gasteiger partial charge in [-0.2, -0.15) is 0 Å². The van der Waals surface area contributed by atoms with Crippen molar-refractivity contribution in [1.82, 2.24) is 10.6 Å². The van der Waals surface area contributed by atoms with Crippen LogP contribution in [0.1, 0.15) is 40.5 Å². The van der Waals surface area contributed by atoms with Gasteiger partial charge in [0, 0.05) is 0 Å². The smallest absolute Gasteiger partial charge is 0.281 e. The van der Waals surface area contributed by atoms with Crippen LogP contribution in [0, 0.1) is 11.8 Å². The predicted molar refractivity (Wildman–Crippen MR) is 81.5 cm³/mol. The standard InChI is InChI=1S/C15H29N3O5/c1-8(2)5-11(17-13(20)10(16)7-19)14(21)18-12(15(22)23)6-9(3)4/h8-12,19H,5-7,16H2,1-4H3,(H,17,20)(H,18,21)(H,22,23). The summed E-state index contributed by atoms with van der Waals surface area (Å²) >= 11 is 0. The molecule has 8 nitrogen and oxygen atoms in total. The third-order valence-corrected chi connectivity index (χ3v) is 3.24. The number of carbonyl (C=O) groups is 3. The molecule has 0 saturated heterocycles. The first-order chi connectivity index (χ1) is 10.6. The number of carboxylic acid groups (broad SMARTS) is 1. The number of nitrogens with one attached hydrogen (secondary N) is 2. The fourth-order valence-electron chi connectivity index (χ4n) is 2.03. The van der Waals surface area contributed by atoms with Gasteiger partial charge >= 0.3 is 0 Å². The van der Waals surface area contributed by atoms with Crippen LogP contribution in [-0.4, -0.2) is 47.6 Å². The quantitative estimate of drug-likeness (QED) is 0.347. The van der Waals surface area contributed by atoms with Gasteiger partial charge in [0.1, 0.15) is 12.6 Å². The van der Waals surface area contributed by atoms with Crippen molar-refractivity contribution in [3.8, 4) is 0 Å². The van der Waals surface area contributed by atoms with Gasteiger partial charge < -0.3 is 31.4 Å². The highest BCUT2D eigenvalue weighted by Crippen LogP contribution is 2.08. The van der Waals surface area contributed by atoms with Crippen molar-refractivity contribution in [3.05, 3.63) is 0 Å². The molecule has 3 atom stereocenters. The molecule has 2 amide bonds. The molecule has 0 fully saturated rings. The largest absolute Gasteiger partial charge is 0.548 e. The zero-order valence-corrected chi connectivity index (χ0v) is 14.3. The third-order valence-electron chi connectivity index (χ3n) is 3.24. The molecule has 23 heavy (non-hydrogen) atoms. The molecule has 0 radical (unpaired) electrons. The zero-order chi connectivity index (χ0) is 18.2. The average molecular weight is 331 g/mol. The van der Waals surface area contributed by atoms with Crippen LogP contribution in [0.3, 0.4) is 0 Å². The van der Waals surface area contributed by atoms with E-state index in [1.165, 1.54) is 0 Å². The Hall–Kier alpha value is -1.67. The molecule has 134 valence electrons. The van der Waals surface area contributed by atoms with Gasteiger partial charge in [-0.05, 0) is 24.7 Å². The summed E-state index contributed by atoms with van der Waals surface area (Å²) in [7, 11) is 0. The molecule has 0 bridgehead atoms. The molecule has 0 saturated carbocycles. The van der Waals surface area contributed by atoms with Crippen molar-refractivity contribution >= 4 is 17.8 Å². The first kappa shape index (κ1) is 21.3. The highest BCUT2D eigenvalue weighted by atomic mass is 16.4. The van der Waals surface area contributed by atoms with Crippen LogP contribution in [0.2, 0.25) is 0 Å². The second-order valence-corrected chi connectivity index (χ2v) is 6.58. The van der Waals surface area contributed by atoms with Crippen molar-refractivity contribution in [2.45, 2.75) is 58.7 Å². The molecule has 6 N–H and O–H groups in total. The molecular formula is C15H29N3O5. The van der Waals surface area contributed by atoms with E-state index in [1.807, 2.05) is 27.7 Å². The summed E-state index contributed by atoms with van der Waals surface area (Å²) in [5, 5.41) is 25.0. The number of carbonyl (C=O) groups excluding carboxylic acids is 3. The molecule has 0 aliphatic heterocycles. The number of quaternary nitrogens is 1. The van der Waals surface area contributed by atoms with Crippen LogP contribution in [-0.2, 0) is 14.4 Å². The summed E-state index contributed by atoms with van der Waals surface area (Å²) in [6.45, 7) is 7.00. The van der Waals surface area contributed by atoms with Crippen molar-refractivity contribution in [2.75, 3.05) is 6.61 Å². The van der Waals surface area contributed by atoms with Crippen LogP contribution in [0.5, 0.6) is 0 Å². The minimum absolute atomic E-state index is 0.0648. The van der Waals surface area contributed by atoms with Gasteiger partial charge in [-0.1, -0.05) is 27.7 Å². The number of carboxylic acids is 1. The summed E-state index contributed by atoms with van der Waals surface area (Å²) in [6.07, 6.45) is 0.586. The lowest BCUT2D eigenvalue weighted by Gasteiger charge is -2.26. The van der Waals surface area contributed by atoms with Gasteiger partial charge in [-0.15, -0.1) is 0 Å². The Morgan fingerprint density at radius 1 is 0.957 bits per heavy atom. The van der Waals surface area contributed by atoms with E-state index in [9.17, 15) is 19.5 Å². The summed E-state index contributed by atoms with van der Waals surface area (Å²) < 4.78 is 0. The maximum Gasteiger partial charge on any atom is 0.281 e. The molecule has 3 unspecified atom stereocenters. The zero-order valence-electron chi connectivity index (χ0n) is 14.3. The average Bonchev–Trinajstić information content (AvgIpc) is 2.43. The van der Waals surface area contributed by atoms with Gasteiger partial charge in [0.25, 0.3) is 5.91 Å². The van der Waals surface area contributed by atoms with Gasteiger partial charge in [0.15, 0.2) is 6.04 Å². The van der Waals surface area contributed by atoms with Gasteiger partial charge in [0.2, 0.25) is 5.91 Å². The molecule has 8 heteroatoms. The van der Waals surface area contributed by atoms with Crippen LogP contribution < -0.4 is 21.5 Å². The third kappa shape index (κ3) is 8.51. The Morgan fingerprint density at radius 3 is 1.78 bits per heavy atom. The Morgan fingerprint density at radius 2 is 1.39 bits per heavy atom. The van der Waals surface area contributed by atoms with E-state index in [1.54, 1.807) is 0 Å². The molecule has 0 spiro atoms. The van der Waals surface area contributed by atoms with Crippen LogP contribution in [0.25, 0.3) is 0 Å². The van der Waals surface area contributed by atoms with Crippen LogP contribution >= 0.6 is 0 Å². The Balaban J connectivity index is 4.97. The summed E-state index contributed by atoms with van der Waals surface area (Å²) in [5.74, 6) is -2.31. The molecule has 0 aliphatic carbocycles. The number of aliphatic hydroxyl groups excluding tert-OH is 1. The lowest BCUT2D eigenvalue weighted by molar-refractivity contribution is -0.409. The Bertz CT molecular complexity index is 412. The van der Waals surface area contributed by atoms with E-state index in [0.29, 0.717) is 6.42 Å². The SMILES string of the molecule is CC(C)CC(NC(=O)C(CC(C)C)NC(=O)C([NH3+])CO)C(=O)[O-]. The second-order valence-electron chi connectivity index (χ2n) is 6.58. The van der Waals surface area contributed by atoms with Crippen molar-refractivity contribution < 1.29 is 30.3 Å². The number of hydrogen-bond donors (Lipinski definition) is 4. The van der Waals surface area contributed by atoms with E-state index >= 15 is 0 Å². The number of amides is 2. The van der Waals surface area contributed by atoms with E-state index in [4.69, 9.17) is 5.11 Å². The second kappa shape index (κ2) is 10.2. The van der Waals surface area contributed by atoms with Gasteiger partial charge in [-0.25, -0.2) is 0 Å². The van der Waals surface area contributed by atoms with Crippen LogP contribution in [0.15, 0.2) is 0 Å². The molecule has 0 heterocycles. The summed E-state index contributed by atoms with van der Waals surface area (Å²) in [5.41, 5.74) is 3.48. The van der Waals surface area contributed by atoms with Crippen molar-refractivity contribution in [3.63, 3.8) is 0 Å². The highest BCUT2D eigenvalue weighted by molar-refractivity contribution is 5.91. The van der Waals surface area contributed by atoms with Gasteiger partial charge in [0.05, 0.1) is 12.0 Å². The normalized spacial score (nSPS) is 15.1. The number of rotatable bonds is 10. The Labute approximate surface area is 136 Å². The predicted octanol–water partition coefficient (Wildman–Crippen LogP) is -2.60. The van der Waals surface area contributed by atoms with E-state index in [2.05, 4.69) is 16.4 Å². The monoisotopic (exact) mass is 331 g/mol. The Kier molecular flexibility index (Phi) is 9.43. The lowest BCUT2D eigenvalue weighted by atomic mass is 10.0. The minimum Gasteiger partial charge on any atom is -0.548 e. The maximum atomic E-state index is 12.3. The minimum atomic E-state index is -1.35. The van der Waals surface area contributed by atoms with E-state index in [-0.39, 0.29) is 18.3 Å². The lowest BCUT2D eigenvalue weighted by Crippen LogP contribution is -2.70.